The van der Waals surface area contributed by atoms with Gasteiger partial charge in [-0.2, -0.15) is 13.2 Å². The summed E-state index contributed by atoms with van der Waals surface area (Å²) in [5, 5.41) is 13.7. The summed E-state index contributed by atoms with van der Waals surface area (Å²) in [5.74, 6) is -1.55. The Hall–Kier alpha value is -2.88. The molecule has 2 rings (SSSR count). The Kier molecular flexibility index (Phi) is 5.19. The molecule has 10 heteroatoms. The average Bonchev–Trinajstić information content (AvgIpc) is 3.06. The van der Waals surface area contributed by atoms with E-state index in [4.69, 9.17) is 0 Å². The second kappa shape index (κ2) is 7.13. The van der Waals surface area contributed by atoms with Crippen LogP contribution in [0.1, 0.15) is 16.1 Å². The summed E-state index contributed by atoms with van der Waals surface area (Å²) in [4.78, 5) is 30.0. The summed E-state index contributed by atoms with van der Waals surface area (Å²) in [6, 6.07) is 2.67. The van der Waals surface area contributed by atoms with Crippen LogP contribution in [0.2, 0.25) is 0 Å². The second-order valence-corrected chi connectivity index (χ2v) is 4.74. The number of nitrogens with zero attached hydrogens (tertiary/aromatic N) is 1. The molecule has 0 aliphatic rings. The number of carbonyl (C=O) groups excluding carboxylic acids is 2. The summed E-state index contributed by atoms with van der Waals surface area (Å²) in [6.45, 7) is -0.731. The van der Waals surface area contributed by atoms with Crippen molar-refractivity contribution in [1.29, 1.82) is 0 Å². The van der Waals surface area contributed by atoms with E-state index in [2.05, 4.69) is 20.6 Å². The van der Waals surface area contributed by atoms with E-state index in [1.165, 1.54) is 18.6 Å². The molecule has 1 unspecified atom stereocenters. The zero-order chi connectivity index (χ0) is 17.7. The molecule has 0 saturated carbocycles. The lowest BCUT2D eigenvalue weighted by Gasteiger charge is -2.16. The fourth-order valence-electron chi connectivity index (χ4n) is 1.81. The molecular weight excluding hydrogens is 329 g/mol. The normalized spacial score (nSPS) is 12.5. The number of nitrogens with one attached hydrogen (secondary N) is 3. The van der Waals surface area contributed by atoms with E-state index < -0.39 is 36.2 Å². The van der Waals surface area contributed by atoms with Gasteiger partial charge in [-0.15, -0.1) is 0 Å². The van der Waals surface area contributed by atoms with Crippen LogP contribution in [0.15, 0.2) is 36.8 Å². The Balaban J connectivity index is 2.05. The summed E-state index contributed by atoms with van der Waals surface area (Å²) in [7, 11) is 0. The van der Waals surface area contributed by atoms with Crippen molar-refractivity contribution < 1.29 is 27.9 Å². The van der Waals surface area contributed by atoms with E-state index in [1.807, 2.05) is 0 Å². The zero-order valence-corrected chi connectivity index (χ0v) is 12.1. The van der Waals surface area contributed by atoms with Gasteiger partial charge in [0.25, 0.3) is 5.91 Å². The molecule has 0 bridgehead atoms. The molecule has 0 saturated heterocycles. The third-order valence-electron chi connectivity index (χ3n) is 3.00. The molecular formula is C14H13F3N4O3. The van der Waals surface area contributed by atoms with E-state index in [0.29, 0.717) is 0 Å². The van der Waals surface area contributed by atoms with Crippen molar-refractivity contribution >= 4 is 17.5 Å². The highest BCUT2D eigenvalue weighted by atomic mass is 19.4. The standard InChI is InChI=1S/C14H13F3N4O3/c15-14(16,17)8-2-1-3-9(4-8)20-13(24)11(6-22)21-12(23)10-5-18-7-19-10/h1-5,7,11,22H,6H2,(H,18,19)(H,20,24)(H,21,23). The highest BCUT2D eigenvalue weighted by molar-refractivity contribution is 6.00. The number of rotatable bonds is 5. The number of aliphatic hydroxyl groups is 1. The minimum atomic E-state index is -4.55. The van der Waals surface area contributed by atoms with Gasteiger partial charge in [0.1, 0.15) is 11.7 Å². The Morgan fingerprint density at radius 1 is 1.33 bits per heavy atom. The number of alkyl halides is 3. The summed E-state index contributed by atoms with van der Waals surface area (Å²) in [6.07, 6.45) is -2.08. The lowest BCUT2D eigenvalue weighted by molar-refractivity contribution is -0.137. The number of H-pyrrole nitrogens is 1. The Labute approximate surface area is 133 Å². The van der Waals surface area contributed by atoms with Crippen molar-refractivity contribution in [2.45, 2.75) is 12.2 Å². The van der Waals surface area contributed by atoms with Crippen molar-refractivity contribution in [3.63, 3.8) is 0 Å². The molecule has 0 aliphatic carbocycles. The van der Waals surface area contributed by atoms with Gasteiger partial charge in [-0.1, -0.05) is 6.07 Å². The van der Waals surface area contributed by atoms with Gasteiger partial charge in [0.2, 0.25) is 5.91 Å². The maximum Gasteiger partial charge on any atom is 0.416 e. The molecule has 128 valence electrons. The quantitative estimate of drug-likeness (QED) is 0.654. The number of hydrogen-bond donors (Lipinski definition) is 4. The molecule has 4 N–H and O–H groups in total. The third kappa shape index (κ3) is 4.32. The van der Waals surface area contributed by atoms with Crippen molar-refractivity contribution in [1.82, 2.24) is 15.3 Å². The predicted molar refractivity (Wildman–Crippen MR) is 77.0 cm³/mol. The summed E-state index contributed by atoms with van der Waals surface area (Å²) < 4.78 is 37.9. The molecule has 2 amide bonds. The van der Waals surface area contributed by atoms with E-state index in [1.54, 1.807) is 0 Å². The van der Waals surface area contributed by atoms with Crippen LogP contribution in [0.5, 0.6) is 0 Å². The van der Waals surface area contributed by atoms with E-state index in [9.17, 15) is 27.9 Å². The fraction of sp³-hybridized carbons (Fsp3) is 0.214. The first-order valence-corrected chi connectivity index (χ1v) is 6.69. The number of carbonyl (C=O) groups is 2. The fourth-order valence-corrected chi connectivity index (χ4v) is 1.81. The van der Waals surface area contributed by atoms with Gasteiger partial charge < -0.3 is 20.7 Å². The monoisotopic (exact) mass is 342 g/mol. The summed E-state index contributed by atoms with van der Waals surface area (Å²) >= 11 is 0. The van der Waals surface area contributed by atoms with Crippen molar-refractivity contribution in [2.75, 3.05) is 11.9 Å². The average molecular weight is 342 g/mol. The van der Waals surface area contributed by atoms with E-state index in [-0.39, 0.29) is 11.4 Å². The van der Waals surface area contributed by atoms with E-state index in [0.717, 1.165) is 18.2 Å². The molecule has 1 aromatic heterocycles. The zero-order valence-electron chi connectivity index (χ0n) is 12.1. The van der Waals surface area contributed by atoms with Crippen LogP contribution >= 0.6 is 0 Å². The van der Waals surface area contributed by atoms with Crippen LogP contribution in [0.3, 0.4) is 0 Å². The lowest BCUT2D eigenvalue weighted by Crippen LogP contribution is -2.46. The number of benzene rings is 1. The van der Waals surface area contributed by atoms with Crippen LogP contribution in [-0.2, 0) is 11.0 Å². The first-order chi connectivity index (χ1) is 11.3. The molecule has 1 heterocycles. The number of anilines is 1. The lowest BCUT2D eigenvalue weighted by atomic mass is 10.2. The maximum absolute atomic E-state index is 12.6. The molecule has 0 aliphatic heterocycles. The van der Waals surface area contributed by atoms with Gasteiger partial charge in [-0.3, -0.25) is 9.59 Å². The van der Waals surface area contributed by atoms with Crippen LogP contribution in [-0.4, -0.2) is 39.5 Å². The molecule has 2 aromatic rings. The van der Waals surface area contributed by atoms with Crippen molar-refractivity contribution in [3.8, 4) is 0 Å². The Morgan fingerprint density at radius 2 is 2.08 bits per heavy atom. The number of imidazole rings is 1. The van der Waals surface area contributed by atoms with Crippen LogP contribution in [0.25, 0.3) is 0 Å². The SMILES string of the molecule is O=C(NC(CO)C(=O)Nc1cccc(C(F)(F)F)c1)c1cnc[nH]1. The van der Waals surface area contributed by atoms with E-state index >= 15 is 0 Å². The molecule has 7 nitrogen and oxygen atoms in total. The highest BCUT2D eigenvalue weighted by Gasteiger charge is 2.30. The molecule has 0 fully saturated rings. The number of aromatic amines is 1. The Morgan fingerprint density at radius 3 is 2.67 bits per heavy atom. The topological polar surface area (TPSA) is 107 Å². The third-order valence-corrected chi connectivity index (χ3v) is 3.00. The van der Waals surface area contributed by atoms with Crippen LogP contribution in [0.4, 0.5) is 18.9 Å². The molecule has 24 heavy (non-hydrogen) atoms. The number of aliphatic hydroxyl groups excluding tert-OH is 1. The molecule has 0 radical (unpaired) electrons. The van der Waals surface area contributed by atoms with Gasteiger partial charge in [0.05, 0.1) is 24.7 Å². The molecule has 1 atom stereocenters. The Bertz CT molecular complexity index is 716. The number of amides is 2. The number of aromatic nitrogens is 2. The number of hydrogen-bond acceptors (Lipinski definition) is 4. The van der Waals surface area contributed by atoms with Gasteiger partial charge in [0.15, 0.2) is 0 Å². The second-order valence-electron chi connectivity index (χ2n) is 4.74. The maximum atomic E-state index is 12.6. The number of halogens is 3. The van der Waals surface area contributed by atoms with Gasteiger partial charge in [-0.05, 0) is 18.2 Å². The van der Waals surface area contributed by atoms with Crippen LogP contribution in [0, 0.1) is 0 Å². The molecule has 0 spiro atoms. The van der Waals surface area contributed by atoms with Gasteiger partial charge in [-0.25, -0.2) is 4.98 Å². The van der Waals surface area contributed by atoms with Crippen LogP contribution < -0.4 is 10.6 Å². The first-order valence-electron chi connectivity index (χ1n) is 6.69. The minimum absolute atomic E-state index is 0.0697. The summed E-state index contributed by atoms with van der Waals surface area (Å²) in [5.41, 5.74) is -0.966. The minimum Gasteiger partial charge on any atom is -0.394 e. The first kappa shape index (κ1) is 17.5. The predicted octanol–water partition coefficient (Wildman–Crippen LogP) is 1.16. The smallest absolute Gasteiger partial charge is 0.394 e. The highest BCUT2D eigenvalue weighted by Crippen LogP contribution is 2.30. The molecule has 1 aromatic carbocycles. The van der Waals surface area contributed by atoms with Crippen molar-refractivity contribution in [2.24, 2.45) is 0 Å². The largest absolute Gasteiger partial charge is 0.416 e. The van der Waals surface area contributed by atoms with Crippen molar-refractivity contribution in [3.05, 3.63) is 48.0 Å². The van der Waals surface area contributed by atoms with Gasteiger partial charge >= 0.3 is 6.18 Å². The van der Waals surface area contributed by atoms with Gasteiger partial charge in [0, 0.05) is 5.69 Å².